The van der Waals surface area contributed by atoms with Crippen LogP contribution in [0.15, 0.2) is 82.6 Å². The number of esters is 1. The van der Waals surface area contributed by atoms with Crippen LogP contribution in [0.25, 0.3) is 0 Å². The fraction of sp³-hybridized carbons (Fsp3) is 0.240. The molecule has 32 heavy (non-hydrogen) atoms. The highest BCUT2D eigenvalue weighted by Gasteiger charge is 2.36. The number of benzene rings is 2. The molecule has 0 fully saturated rings. The summed E-state index contributed by atoms with van der Waals surface area (Å²) in [5.41, 5.74) is 8.95. The van der Waals surface area contributed by atoms with Crippen molar-refractivity contribution in [1.29, 1.82) is 0 Å². The predicted octanol–water partition coefficient (Wildman–Crippen LogP) is 4.73. The molecular formula is C25H26ClN3O3. The molecule has 6 nitrogen and oxygen atoms in total. The molecule has 0 spiro atoms. The summed E-state index contributed by atoms with van der Waals surface area (Å²) in [6, 6.07) is 16.1. The maximum Gasteiger partial charge on any atom is 0.336 e. The van der Waals surface area contributed by atoms with Crippen molar-refractivity contribution in [2.75, 3.05) is 6.61 Å². The second-order valence-electron chi connectivity index (χ2n) is 7.22. The first kappa shape index (κ1) is 23.3. The Morgan fingerprint density at radius 1 is 1.12 bits per heavy atom. The lowest BCUT2D eigenvalue weighted by Crippen LogP contribution is -2.32. The SMILES string of the molecule is CCCC1=C(C(=O)OCC)C(c2ccccc2Cl)/C(=C/NC(=O)c2ccccc2)C(N)=N1. The third kappa shape index (κ3) is 5.08. The van der Waals surface area contributed by atoms with Gasteiger partial charge in [-0.25, -0.2) is 9.79 Å². The highest BCUT2D eigenvalue weighted by Crippen LogP contribution is 2.41. The van der Waals surface area contributed by atoms with Gasteiger partial charge in [-0.3, -0.25) is 4.79 Å². The van der Waals surface area contributed by atoms with Crippen molar-refractivity contribution in [2.45, 2.75) is 32.6 Å². The number of rotatable bonds is 7. The van der Waals surface area contributed by atoms with Crippen LogP contribution in [-0.4, -0.2) is 24.3 Å². The minimum absolute atomic E-state index is 0.222. The summed E-state index contributed by atoms with van der Waals surface area (Å²) in [5.74, 6) is -1.18. The number of hydrogen-bond donors (Lipinski definition) is 2. The van der Waals surface area contributed by atoms with Crippen LogP contribution in [0.1, 0.15) is 48.5 Å². The predicted molar refractivity (Wildman–Crippen MR) is 126 cm³/mol. The molecule has 0 aromatic heterocycles. The monoisotopic (exact) mass is 451 g/mol. The lowest BCUT2D eigenvalue weighted by Gasteiger charge is -2.29. The zero-order valence-corrected chi connectivity index (χ0v) is 18.9. The van der Waals surface area contributed by atoms with Gasteiger partial charge in [0.25, 0.3) is 5.91 Å². The van der Waals surface area contributed by atoms with E-state index in [-0.39, 0.29) is 18.3 Å². The van der Waals surface area contributed by atoms with Gasteiger partial charge >= 0.3 is 5.97 Å². The average Bonchev–Trinajstić information content (AvgIpc) is 2.79. The maximum atomic E-state index is 13.0. The van der Waals surface area contributed by atoms with Gasteiger partial charge in [-0.1, -0.05) is 61.3 Å². The molecule has 2 aromatic rings. The normalized spacial score (nSPS) is 17.2. The molecule has 1 heterocycles. The van der Waals surface area contributed by atoms with E-state index in [9.17, 15) is 9.59 Å². The lowest BCUT2D eigenvalue weighted by molar-refractivity contribution is -0.138. The van der Waals surface area contributed by atoms with E-state index in [1.54, 1.807) is 37.3 Å². The molecule has 0 saturated heterocycles. The zero-order chi connectivity index (χ0) is 23.1. The van der Waals surface area contributed by atoms with E-state index in [0.717, 1.165) is 6.42 Å². The molecule has 1 unspecified atom stereocenters. The lowest BCUT2D eigenvalue weighted by atomic mass is 9.80. The fourth-order valence-corrected chi connectivity index (χ4v) is 3.86. The Kier molecular flexibility index (Phi) is 7.84. The van der Waals surface area contributed by atoms with Crippen molar-refractivity contribution in [3.63, 3.8) is 0 Å². The largest absolute Gasteiger partial charge is 0.463 e. The number of halogens is 1. The fourth-order valence-electron chi connectivity index (χ4n) is 3.62. The number of aliphatic imine (C=N–C) groups is 1. The van der Waals surface area contributed by atoms with E-state index < -0.39 is 11.9 Å². The van der Waals surface area contributed by atoms with Crippen LogP contribution in [0.3, 0.4) is 0 Å². The van der Waals surface area contributed by atoms with Gasteiger partial charge in [0.15, 0.2) is 0 Å². The number of ether oxygens (including phenoxy) is 1. The highest BCUT2D eigenvalue weighted by atomic mass is 35.5. The second-order valence-corrected chi connectivity index (χ2v) is 7.63. The third-order valence-electron chi connectivity index (χ3n) is 5.05. The minimum Gasteiger partial charge on any atom is -0.463 e. The van der Waals surface area contributed by atoms with Crippen LogP contribution < -0.4 is 11.1 Å². The molecule has 0 bridgehead atoms. The molecule has 0 radical (unpaired) electrons. The number of amides is 1. The zero-order valence-electron chi connectivity index (χ0n) is 18.1. The summed E-state index contributed by atoms with van der Waals surface area (Å²) in [5, 5.41) is 3.25. The first-order valence-corrected chi connectivity index (χ1v) is 10.9. The first-order valence-electron chi connectivity index (χ1n) is 10.5. The molecule has 1 atom stereocenters. The quantitative estimate of drug-likeness (QED) is 0.595. The van der Waals surface area contributed by atoms with Crippen molar-refractivity contribution >= 4 is 29.3 Å². The summed E-state index contributed by atoms with van der Waals surface area (Å²) >= 11 is 6.53. The number of amidine groups is 1. The Balaban J connectivity index is 2.13. The van der Waals surface area contributed by atoms with Gasteiger partial charge < -0.3 is 15.8 Å². The third-order valence-corrected chi connectivity index (χ3v) is 5.40. The Bertz CT molecular complexity index is 1090. The number of nitrogens with two attached hydrogens (primary N) is 1. The summed E-state index contributed by atoms with van der Waals surface area (Å²) < 4.78 is 5.36. The van der Waals surface area contributed by atoms with Gasteiger partial charge in [-0.2, -0.15) is 0 Å². The van der Waals surface area contributed by atoms with Gasteiger partial charge in [-0.15, -0.1) is 0 Å². The number of carbonyl (C=O) groups is 2. The smallest absolute Gasteiger partial charge is 0.336 e. The Morgan fingerprint density at radius 2 is 1.81 bits per heavy atom. The van der Waals surface area contributed by atoms with Crippen LogP contribution in [0.2, 0.25) is 5.02 Å². The summed E-state index contributed by atoms with van der Waals surface area (Å²) in [7, 11) is 0. The summed E-state index contributed by atoms with van der Waals surface area (Å²) in [6.45, 7) is 3.97. The number of nitrogens with one attached hydrogen (secondary N) is 1. The molecule has 3 N–H and O–H groups in total. The van der Waals surface area contributed by atoms with Crippen molar-refractivity contribution in [2.24, 2.45) is 10.7 Å². The highest BCUT2D eigenvalue weighted by molar-refractivity contribution is 6.31. The molecule has 1 amide bonds. The van der Waals surface area contributed by atoms with E-state index in [1.165, 1.54) is 6.20 Å². The number of nitrogens with zero attached hydrogens (tertiary/aromatic N) is 1. The van der Waals surface area contributed by atoms with Crippen molar-refractivity contribution in [3.8, 4) is 0 Å². The Hall–Kier alpha value is -3.38. The first-order chi connectivity index (χ1) is 15.5. The van der Waals surface area contributed by atoms with Gasteiger partial charge in [0.05, 0.1) is 17.9 Å². The minimum atomic E-state index is -0.627. The average molecular weight is 452 g/mol. The molecule has 0 aliphatic carbocycles. The van der Waals surface area contributed by atoms with Gasteiger partial charge in [0, 0.05) is 28.3 Å². The number of carbonyl (C=O) groups excluding carboxylic acids is 2. The van der Waals surface area contributed by atoms with E-state index in [4.69, 9.17) is 22.1 Å². The number of hydrogen-bond acceptors (Lipinski definition) is 5. The van der Waals surface area contributed by atoms with Crippen LogP contribution in [0.4, 0.5) is 0 Å². The van der Waals surface area contributed by atoms with E-state index >= 15 is 0 Å². The molecule has 1 aliphatic rings. The van der Waals surface area contributed by atoms with E-state index in [0.29, 0.717) is 39.4 Å². The number of allylic oxidation sites excluding steroid dienone is 1. The van der Waals surface area contributed by atoms with Crippen LogP contribution in [-0.2, 0) is 9.53 Å². The second kappa shape index (κ2) is 10.8. The van der Waals surface area contributed by atoms with E-state index in [1.807, 2.05) is 31.2 Å². The van der Waals surface area contributed by atoms with Crippen molar-refractivity contribution in [3.05, 3.63) is 93.8 Å². The molecular weight excluding hydrogens is 426 g/mol. The molecule has 0 saturated carbocycles. The van der Waals surface area contributed by atoms with Crippen LogP contribution >= 0.6 is 11.6 Å². The molecule has 3 rings (SSSR count). The van der Waals surface area contributed by atoms with E-state index in [2.05, 4.69) is 10.3 Å². The van der Waals surface area contributed by atoms with Gasteiger partial charge in [-0.05, 0) is 37.1 Å². The molecule has 166 valence electrons. The summed E-state index contributed by atoms with van der Waals surface area (Å²) in [6.07, 6.45) is 2.83. The van der Waals surface area contributed by atoms with Crippen molar-refractivity contribution < 1.29 is 14.3 Å². The van der Waals surface area contributed by atoms with Crippen LogP contribution in [0.5, 0.6) is 0 Å². The van der Waals surface area contributed by atoms with Crippen molar-refractivity contribution in [1.82, 2.24) is 5.32 Å². The van der Waals surface area contributed by atoms with Crippen LogP contribution in [0, 0.1) is 0 Å². The molecule has 1 aliphatic heterocycles. The standard InChI is InChI=1S/C25H26ClN3O3/c1-3-10-20-22(25(31)32-4-2)21(17-13-8-9-14-19(17)26)18(23(27)29-20)15-28-24(30)16-11-6-5-7-12-16/h5-9,11-15,21H,3-4,10H2,1-2H3,(H2,27,29)(H,28,30)/b18-15-. The molecule has 2 aromatic carbocycles. The Labute approximate surface area is 192 Å². The Morgan fingerprint density at radius 3 is 2.47 bits per heavy atom. The topological polar surface area (TPSA) is 93.8 Å². The maximum absolute atomic E-state index is 13.0. The van der Waals surface area contributed by atoms with Gasteiger partial charge in [0.2, 0.25) is 0 Å². The van der Waals surface area contributed by atoms with Gasteiger partial charge in [0.1, 0.15) is 5.84 Å². The molecule has 7 heteroatoms. The summed E-state index contributed by atoms with van der Waals surface area (Å²) in [4.78, 5) is 30.2.